The first-order valence-corrected chi connectivity index (χ1v) is 15.2. The zero-order valence-electron chi connectivity index (χ0n) is 26.2. The van der Waals surface area contributed by atoms with E-state index in [1.807, 2.05) is 32.9 Å². The van der Waals surface area contributed by atoms with Gasteiger partial charge in [0, 0.05) is 36.1 Å². The van der Waals surface area contributed by atoms with E-state index in [2.05, 4.69) is 10.6 Å². The minimum atomic E-state index is -1.36. The van der Waals surface area contributed by atoms with E-state index in [4.69, 9.17) is 0 Å². The topological polar surface area (TPSA) is 139 Å². The smallest absolute Gasteiger partial charge is 0.269 e. The van der Waals surface area contributed by atoms with Crippen LogP contribution in [0.1, 0.15) is 60.7 Å². The van der Waals surface area contributed by atoms with Gasteiger partial charge in [0.15, 0.2) is 0 Å². The Morgan fingerprint density at radius 2 is 1.51 bits per heavy atom. The third-order valence-electron chi connectivity index (χ3n) is 7.85. The van der Waals surface area contributed by atoms with Gasteiger partial charge < -0.3 is 20.6 Å². The third kappa shape index (κ3) is 8.48. The molecule has 0 spiro atoms. The van der Waals surface area contributed by atoms with Crippen LogP contribution in [0.5, 0.6) is 5.75 Å². The second-order valence-electron chi connectivity index (χ2n) is 12.5. The molecule has 10 nitrogen and oxygen atoms in total. The third-order valence-corrected chi connectivity index (χ3v) is 7.85. The molecule has 1 fully saturated rings. The Labute approximate surface area is 264 Å². The predicted molar refractivity (Wildman–Crippen MR) is 169 cm³/mol. The molecule has 45 heavy (non-hydrogen) atoms. The molecule has 0 bridgehead atoms. The average molecular weight is 615 g/mol. The number of nitrogens with one attached hydrogen (secondary N) is 2. The molecule has 0 saturated carbocycles. The SMILES string of the molecule is Cc1c(O)cccc1C(=O)N[C@@H](Cc1ccccc1)C(=O)N(O)[C@@H](Cc1ccccc1)C(=O)N1CCC[C@@H]1C(=O)NC(C)(C)C. The van der Waals surface area contributed by atoms with Gasteiger partial charge in [-0.3, -0.25) is 24.4 Å². The van der Waals surface area contributed by atoms with Crippen molar-refractivity contribution in [1.82, 2.24) is 20.6 Å². The largest absolute Gasteiger partial charge is 0.508 e. The standard InChI is InChI=1S/C35H42N4O6/c1-23-26(17-11-19-30(23)40)31(41)36-27(21-24-13-7-5-8-14-24)33(43)39(45)29(22-25-15-9-6-10-16-25)34(44)38-20-12-18-28(38)32(42)37-35(2,3)4/h5-11,13-17,19,27-29,40,45H,12,18,20-22H2,1-4H3,(H,36,41)(H,37,42)/t27-,28+,29-/m0/s1. The maximum absolute atomic E-state index is 14.2. The molecule has 238 valence electrons. The number of nitrogens with zero attached hydrogens (tertiary/aromatic N) is 2. The van der Waals surface area contributed by atoms with Crippen LogP contribution >= 0.6 is 0 Å². The number of aromatic hydroxyl groups is 1. The van der Waals surface area contributed by atoms with Gasteiger partial charge in [0.2, 0.25) is 11.8 Å². The molecule has 0 aromatic heterocycles. The van der Waals surface area contributed by atoms with E-state index in [1.165, 1.54) is 23.1 Å². The zero-order chi connectivity index (χ0) is 32.7. The van der Waals surface area contributed by atoms with E-state index in [0.717, 1.165) is 5.56 Å². The molecule has 4 amide bonds. The Morgan fingerprint density at radius 3 is 2.11 bits per heavy atom. The van der Waals surface area contributed by atoms with Gasteiger partial charge in [-0.25, -0.2) is 5.06 Å². The molecule has 3 aromatic carbocycles. The molecule has 4 N–H and O–H groups in total. The van der Waals surface area contributed by atoms with Crippen LogP contribution in [0.15, 0.2) is 78.9 Å². The lowest BCUT2D eigenvalue weighted by Crippen LogP contribution is -2.59. The van der Waals surface area contributed by atoms with Gasteiger partial charge in [-0.1, -0.05) is 66.7 Å². The first-order valence-electron chi connectivity index (χ1n) is 15.2. The van der Waals surface area contributed by atoms with Crippen LogP contribution in [0.4, 0.5) is 0 Å². The quantitative estimate of drug-likeness (QED) is 0.203. The number of hydrogen-bond donors (Lipinski definition) is 4. The summed E-state index contributed by atoms with van der Waals surface area (Å²) in [6.45, 7) is 7.47. The minimum absolute atomic E-state index is 0.0102. The van der Waals surface area contributed by atoms with E-state index >= 15 is 0 Å². The number of carbonyl (C=O) groups is 4. The number of benzene rings is 3. The van der Waals surface area contributed by atoms with Crippen LogP contribution in [0.25, 0.3) is 0 Å². The minimum Gasteiger partial charge on any atom is -0.508 e. The molecule has 4 rings (SSSR count). The van der Waals surface area contributed by atoms with Crippen LogP contribution in [0, 0.1) is 6.92 Å². The molecular formula is C35H42N4O6. The summed E-state index contributed by atoms with van der Waals surface area (Å²) in [4.78, 5) is 56.2. The van der Waals surface area contributed by atoms with E-state index in [9.17, 15) is 29.5 Å². The van der Waals surface area contributed by atoms with Crippen LogP contribution < -0.4 is 10.6 Å². The van der Waals surface area contributed by atoms with E-state index in [0.29, 0.717) is 35.6 Å². The fraction of sp³-hybridized carbons (Fsp3) is 0.371. The van der Waals surface area contributed by atoms with E-state index in [1.54, 1.807) is 55.5 Å². The number of likely N-dealkylation sites (tertiary alicyclic amines) is 1. The number of amides is 4. The maximum atomic E-state index is 14.2. The predicted octanol–water partition coefficient (Wildman–Crippen LogP) is 3.78. The summed E-state index contributed by atoms with van der Waals surface area (Å²) >= 11 is 0. The Balaban J connectivity index is 1.66. The van der Waals surface area contributed by atoms with Crippen molar-refractivity contribution < 1.29 is 29.5 Å². The highest BCUT2D eigenvalue weighted by Crippen LogP contribution is 2.24. The van der Waals surface area contributed by atoms with Gasteiger partial charge in [0.05, 0.1) is 0 Å². The molecule has 0 radical (unpaired) electrons. The summed E-state index contributed by atoms with van der Waals surface area (Å²) in [6, 6.07) is 19.2. The Hall–Kier alpha value is -4.70. The Bertz CT molecular complexity index is 1510. The van der Waals surface area contributed by atoms with Crippen LogP contribution in [-0.4, -0.2) is 74.1 Å². The summed E-state index contributed by atoms with van der Waals surface area (Å²) in [5.74, 6) is -2.42. The number of carbonyl (C=O) groups excluding carboxylic acids is 4. The van der Waals surface area contributed by atoms with Gasteiger partial charge in [-0.15, -0.1) is 0 Å². The summed E-state index contributed by atoms with van der Waals surface area (Å²) in [7, 11) is 0. The van der Waals surface area contributed by atoms with Gasteiger partial charge in [-0.2, -0.15) is 0 Å². The summed E-state index contributed by atoms with van der Waals surface area (Å²) in [5, 5.41) is 27.8. The molecule has 10 heteroatoms. The maximum Gasteiger partial charge on any atom is 0.269 e. The Kier molecular flexibility index (Phi) is 10.6. The monoisotopic (exact) mass is 614 g/mol. The molecular weight excluding hydrogens is 572 g/mol. The number of phenols is 1. The number of hydrogen-bond acceptors (Lipinski definition) is 6. The van der Waals surface area contributed by atoms with Crippen molar-refractivity contribution in [3.05, 3.63) is 101 Å². The molecule has 3 aromatic rings. The van der Waals surface area contributed by atoms with Crippen molar-refractivity contribution in [1.29, 1.82) is 0 Å². The van der Waals surface area contributed by atoms with Gasteiger partial charge in [-0.05, 0) is 63.8 Å². The number of rotatable bonds is 10. The van der Waals surface area contributed by atoms with Crippen molar-refractivity contribution in [3.63, 3.8) is 0 Å². The highest BCUT2D eigenvalue weighted by Gasteiger charge is 2.42. The average Bonchev–Trinajstić information content (AvgIpc) is 3.50. The van der Waals surface area contributed by atoms with Crippen molar-refractivity contribution in [3.8, 4) is 5.75 Å². The summed E-state index contributed by atoms with van der Waals surface area (Å²) in [5.41, 5.74) is 1.44. The lowest BCUT2D eigenvalue weighted by atomic mass is 10.0. The van der Waals surface area contributed by atoms with Crippen LogP contribution in [0.3, 0.4) is 0 Å². The normalized spacial score (nSPS) is 16.0. The molecule has 3 atom stereocenters. The van der Waals surface area contributed by atoms with Crippen molar-refractivity contribution in [2.75, 3.05) is 6.54 Å². The zero-order valence-corrected chi connectivity index (χ0v) is 26.2. The van der Waals surface area contributed by atoms with Gasteiger partial charge in [0.1, 0.15) is 23.9 Å². The second-order valence-corrected chi connectivity index (χ2v) is 12.5. The molecule has 1 aliphatic rings. The van der Waals surface area contributed by atoms with E-state index < -0.39 is 41.4 Å². The number of hydroxylamine groups is 2. The van der Waals surface area contributed by atoms with Crippen molar-refractivity contribution in [2.24, 2.45) is 0 Å². The summed E-state index contributed by atoms with van der Waals surface area (Å²) in [6.07, 6.45) is 1.08. The van der Waals surface area contributed by atoms with Gasteiger partial charge in [0.25, 0.3) is 11.8 Å². The lowest BCUT2D eigenvalue weighted by molar-refractivity contribution is -0.185. The van der Waals surface area contributed by atoms with Crippen molar-refractivity contribution >= 4 is 23.6 Å². The number of phenolic OH excluding ortho intramolecular Hbond substituents is 1. The van der Waals surface area contributed by atoms with Crippen LogP contribution in [-0.2, 0) is 27.2 Å². The first-order chi connectivity index (χ1) is 21.4. The highest BCUT2D eigenvalue weighted by atomic mass is 16.5. The molecule has 1 aliphatic heterocycles. The fourth-order valence-electron chi connectivity index (χ4n) is 5.53. The molecule has 1 heterocycles. The summed E-state index contributed by atoms with van der Waals surface area (Å²) < 4.78 is 0. The highest BCUT2D eigenvalue weighted by molar-refractivity contribution is 6.00. The van der Waals surface area contributed by atoms with Gasteiger partial charge >= 0.3 is 0 Å². The van der Waals surface area contributed by atoms with E-state index in [-0.39, 0.29) is 30.1 Å². The molecule has 0 unspecified atom stereocenters. The fourth-order valence-corrected chi connectivity index (χ4v) is 5.53. The molecule has 0 aliphatic carbocycles. The lowest BCUT2D eigenvalue weighted by Gasteiger charge is -2.34. The first kappa shape index (κ1) is 33.2. The second kappa shape index (κ2) is 14.4. The van der Waals surface area contributed by atoms with Crippen molar-refractivity contribution in [2.45, 2.75) is 77.0 Å². The Morgan fingerprint density at radius 1 is 0.911 bits per heavy atom. The van der Waals surface area contributed by atoms with Crippen LogP contribution in [0.2, 0.25) is 0 Å². The molecule has 1 saturated heterocycles.